The van der Waals surface area contributed by atoms with Crippen LogP contribution in [0.25, 0.3) is 21.9 Å². The lowest BCUT2D eigenvalue weighted by Crippen LogP contribution is -2.44. The van der Waals surface area contributed by atoms with E-state index in [9.17, 15) is 19.2 Å². The Kier molecular flexibility index (Phi) is 14.1. The summed E-state index contributed by atoms with van der Waals surface area (Å²) < 4.78 is 10.9. The number of carbonyl (C=O) groups excluding carboxylic acids is 4. The summed E-state index contributed by atoms with van der Waals surface area (Å²) in [5.74, 6) is 15.8. The zero-order valence-corrected chi connectivity index (χ0v) is 45.3. The van der Waals surface area contributed by atoms with Gasteiger partial charge in [0.15, 0.2) is 0 Å². The summed E-state index contributed by atoms with van der Waals surface area (Å²) in [4.78, 5) is 60.8. The first-order chi connectivity index (χ1) is 37.6. The highest BCUT2D eigenvalue weighted by atomic mass is 16.5. The van der Waals surface area contributed by atoms with E-state index in [1.807, 2.05) is 68.4 Å². The lowest BCUT2D eigenvalue weighted by atomic mass is 9.85. The second-order valence-electron chi connectivity index (χ2n) is 20.1. The number of imide groups is 2. The number of methoxy groups -OCH3 is 2. The zero-order chi connectivity index (χ0) is 55.1. The summed E-state index contributed by atoms with van der Waals surface area (Å²) in [7, 11) is 3.34. The van der Waals surface area contributed by atoms with Crippen LogP contribution in [0.1, 0.15) is 129 Å². The molecule has 9 nitrogen and oxygen atoms in total. The molecular weight excluding hydrogens is 967 g/mol. The van der Waals surface area contributed by atoms with Crippen LogP contribution in [0.3, 0.4) is 0 Å². The molecule has 0 saturated carbocycles. The number of anilines is 4. The number of hydrogen-bond donors (Lipinski definition) is 0. The Morgan fingerprint density at radius 1 is 0.449 bits per heavy atom. The van der Waals surface area contributed by atoms with E-state index in [0.717, 1.165) is 74.8 Å². The van der Waals surface area contributed by atoms with Crippen molar-refractivity contribution in [3.63, 3.8) is 0 Å². The first-order valence-corrected chi connectivity index (χ1v) is 26.1. The molecule has 8 aromatic carbocycles. The smallest absolute Gasteiger partial charge is 0.266 e. The number of unbranched alkanes of at least 4 members (excludes halogenated alkanes) is 2. The van der Waals surface area contributed by atoms with Crippen molar-refractivity contribution in [1.82, 2.24) is 4.90 Å². The lowest BCUT2D eigenvalue weighted by Gasteiger charge is -2.33. The molecule has 0 radical (unpaired) electrons. The third-order valence-electron chi connectivity index (χ3n) is 14.7. The summed E-state index contributed by atoms with van der Waals surface area (Å²) in [6.07, 6.45) is 8.49. The Balaban J connectivity index is 0.901. The molecule has 0 unspecified atom stereocenters. The molecule has 9 heteroatoms. The van der Waals surface area contributed by atoms with Gasteiger partial charge in [-0.05, 0) is 220 Å². The van der Waals surface area contributed by atoms with Crippen molar-refractivity contribution >= 4 is 57.2 Å². The quantitative estimate of drug-likeness (QED) is 0.0723. The predicted octanol–water partition coefficient (Wildman–Crippen LogP) is 14.2. The largest absolute Gasteiger partial charge is 0.497 e. The van der Waals surface area contributed by atoms with E-state index in [4.69, 9.17) is 15.9 Å². The van der Waals surface area contributed by atoms with Crippen LogP contribution < -0.4 is 19.3 Å². The molecule has 10 rings (SSSR count). The van der Waals surface area contributed by atoms with Crippen molar-refractivity contribution in [3.05, 3.63) is 211 Å². The van der Waals surface area contributed by atoms with Gasteiger partial charge < -0.3 is 14.4 Å². The summed E-state index contributed by atoms with van der Waals surface area (Å²) in [6.45, 7) is 14.7. The standard InChI is InChI=1S/C69H57N3O6/c1-11-13-14-31-70-66(73)57-27-29-59-64-60(30-28-58(63(57)64)67(70)74)69(76)72(68(59)75)65-45(7)34-49(35-46(65)8)16-18-51-39-47(12-2)38-50(40-51)17-15-48-32-41(3)61(42(4)33-48)62-43(5)36-54(37-44(62)6)71(52-19-23-55(77-9)24-20-52)53-21-25-56(78-10)26-22-53/h2,19-30,32-40H,11,13-14,31H2,1,3-10H3. The van der Waals surface area contributed by atoms with Gasteiger partial charge in [0.25, 0.3) is 23.6 Å². The maximum atomic E-state index is 14.4. The van der Waals surface area contributed by atoms with E-state index in [0.29, 0.717) is 68.4 Å². The molecular formula is C69H57N3O6. The molecule has 0 saturated heterocycles. The van der Waals surface area contributed by atoms with Crippen LogP contribution in [-0.4, -0.2) is 49.3 Å². The normalized spacial score (nSPS) is 12.5. The van der Waals surface area contributed by atoms with E-state index in [1.54, 1.807) is 38.5 Å². The maximum absolute atomic E-state index is 14.4. The average Bonchev–Trinajstić information content (AvgIpc) is 3.57. The number of ether oxygens (including phenoxy) is 2. The third kappa shape index (κ3) is 9.44. The summed E-state index contributed by atoms with van der Waals surface area (Å²) in [5, 5.41) is 0.702. The number of rotatable bonds is 11. The highest BCUT2D eigenvalue weighted by Crippen LogP contribution is 2.43. The molecule has 0 spiro atoms. The number of amides is 4. The fourth-order valence-corrected chi connectivity index (χ4v) is 11.2. The van der Waals surface area contributed by atoms with E-state index < -0.39 is 23.6 Å². The molecule has 8 aromatic rings. The minimum Gasteiger partial charge on any atom is -0.497 e. The highest BCUT2D eigenvalue weighted by molar-refractivity contribution is 6.39. The number of hydrogen-bond acceptors (Lipinski definition) is 7. The minimum atomic E-state index is -0.525. The molecule has 78 heavy (non-hydrogen) atoms. The lowest BCUT2D eigenvalue weighted by molar-refractivity contribution is 0.0606. The summed E-state index contributed by atoms with van der Waals surface area (Å²) >= 11 is 0. The van der Waals surface area contributed by atoms with Gasteiger partial charge in [-0.2, -0.15) is 0 Å². The fourth-order valence-electron chi connectivity index (χ4n) is 11.2. The summed E-state index contributed by atoms with van der Waals surface area (Å²) in [6, 6.07) is 40.6. The maximum Gasteiger partial charge on any atom is 0.266 e. The molecule has 2 aliphatic rings. The first-order valence-electron chi connectivity index (χ1n) is 26.1. The molecule has 4 amide bonds. The SMILES string of the molecule is C#Cc1cc(C#Cc2cc(C)c(-c3c(C)cc(N(c4ccc(OC)cc4)c4ccc(OC)cc4)cc3C)c(C)c2)cc(C#Cc2cc(C)c(N3C(=O)c4ccc5c6c(ccc(c46)C3=O)C(=O)N(CCCCC)C5=O)c(C)c2)c1. The number of nitrogens with zero attached hydrogens (tertiary/aromatic N) is 3. The molecule has 0 fully saturated rings. The van der Waals surface area contributed by atoms with Crippen LogP contribution >= 0.6 is 0 Å². The van der Waals surface area contributed by atoms with Crippen LogP contribution in [0.4, 0.5) is 22.7 Å². The zero-order valence-electron chi connectivity index (χ0n) is 45.3. The van der Waals surface area contributed by atoms with Crippen LogP contribution in [0, 0.1) is 77.6 Å². The van der Waals surface area contributed by atoms with E-state index in [-0.39, 0.29) is 11.1 Å². The Hall–Kier alpha value is -9.62. The van der Waals surface area contributed by atoms with E-state index >= 15 is 0 Å². The van der Waals surface area contributed by atoms with Crippen molar-refractivity contribution in [2.45, 2.75) is 67.7 Å². The third-order valence-corrected chi connectivity index (χ3v) is 14.7. The molecule has 0 bridgehead atoms. The topological polar surface area (TPSA) is 96.5 Å². The average molecular weight is 1020 g/mol. The monoisotopic (exact) mass is 1020 g/mol. The van der Waals surface area contributed by atoms with Crippen LogP contribution in [0.5, 0.6) is 11.5 Å². The van der Waals surface area contributed by atoms with Gasteiger partial charge in [-0.3, -0.25) is 24.1 Å². The number of benzene rings is 8. The van der Waals surface area contributed by atoms with Crippen molar-refractivity contribution < 1.29 is 28.7 Å². The van der Waals surface area contributed by atoms with Gasteiger partial charge in [-0.1, -0.05) is 49.4 Å². The number of aryl methyl sites for hydroxylation is 6. The predicted molar refractivity (Wildman–Crippen MR) is 311 cm³/mol. The Morgan fingerprint density at radius 2 is 0.821 bits per heavy atom. The van der Waals surface area contributed by atoms with Crippen molar-refractivity contribution in [3.8, 4) is 58.7 Å². The van der Waals surface area contributed by atoms with Crippen molar-refractivity contribution in [2.75, 3.05) is 30.6 Å². The molecule has 0 atom stereocenters. The minimum absolute atomic E-state index is 0.259. The highest BCUT2D eigenvalue weighted by Gasteiger charge is 2.41. The van der Waals surface area contributed by atoms with Gasteiger partial charge in [0.05, 0.1) is 19.9 Å². The fraction of sp³-hybridized carbons (Fsp3) is 0.188. The van der Waals surface area contributed by atoms with Gasteiger partial charge in [0, 0.05) is 84.5 Å². The Bertz CT molecular complexity index is 3840. The van der Waals surface area contributed by atoms with Crippen molar-refractivity contribution in [1.29, 1.82) is 0 Å². The summed E-state index contributed by atoms with van der Waals surface area (Å²) in [5.41, 5.74) is 16.5. The van der Waals surface area contributed by atoms with Gasteiger partial charge in [-0.15, -0.1) is 6.42 Å². The number of carbonyl (C=O) groups is 4. The van der Waals surface area contributed by atoms with Crippen LogP contribution in [0.15, 0.2) is 127 Å². The van der Waals surface area contributed by atoms with Crippen LogP contribution in [0.2, 0.25) is 0 Å². The van der Waals surface area contributed by atoms with Gasteiger partial charge in [0.2, 0.25) is 0 Å². The molecule has 0 aliphatic carbocycles. The molecule has 0 aromatic heterocycles. The Morgan fingerprint density at radius 3 is 1.22 bits per heavy atom. The van der Waals surface area contributed by atoms with Crippen LogP contribution in [-0.2, 0) is 0 Å². The Labute approximate surface area is 456 Å². The second kappa shape index (κ2) is 21.2. The second-order valence-corrected chi connectivity index (χ2v) is 20.1. The molecule has 2 heterocycles. The van der Waals surface area contributed by atoms with Crippen molar-refractivity contribution in [2.24, 2.45) is 0 Å². The molecule has 384 valence electrons. The van der Waals surface area contributed by atoms with E-state index in [1.165, 1.54) is 20.9 Å². The first kappa shape index (κ1) is 51.8. The molecule has 0 N–H and O–H groups in total. The van der Waals surface area contributed by atoms with Gasteiger partial charge in [0.1, 0.15) is 11.5 Å². The van der Waals surface area contributed by atoms with Gasteiger partial charge in [-0.25, -0.2) is 4.90 Å². The van der Waals surface area contributed by atoms with E-state index in [2.05, 4.69) is 118 Å². The number of terminal acetylenes is 1. The van der Waals surface area contributed by atoms with Gasteiger partial charge >= 0.3 is 0 Å². The molecule has 2 aliphatic heterocycles.